The number of benzene rings is 2. The third-order valence-corrected chi connectivity index (χ3v) is 15.0. The third-order valence-electron chi connectivity index (χ3n) is 9.57. The Morgan fingerprint density at radius 3 is 1.91 bits per heavy atom. The third kappa shape index (κ3) is 7.07. The SMILES string of the molecule is CCC[C@]1(O)[C@@H](OCc2ccccc2)[C@H](OCc2ccccc2)[C@@H](O[Si](C)(C)C(C)(C)C)[C@H]2CC=CC(=O)[C@]21O[Si](C)(C)C. The molecule has 242 valence electrons. The molecule has 1 fully saturated rings. The summed E-state index contributed by atoms with van der Waals surface area (Å²) in [5.41, 5.74) is -1.18. The minimum atomic E-state index is -2.41. The summed E-state index contributed by atoms with van der Waals surface area (Å²) >= 11 is 0. The number of rotatable bonds is 12. The van der Waals surface area contributed by atoms with E-state index in [1.807, 2.05) is 73.7 Å². The van der Waals surface area contributed by atoms with Crippen molar-refractivity contribution in [3.8, 4) is 0 Å². The van der Waals surface area contributed by atoms with Crippen LogP contribution in [0.15, 0.2) is 72.8 Å². The average molecular weight is 639 g/mol. The van der Waals surface area contributed by atoms with Crippen LogP contribution in [0.25, 0.3) is 0 Å². The highest BCUT2D eigenvalue weighted by Crippen LogP contribution is 2.55. The van der Waals surface area contributed by atoms with Crippen LogP contribution in [-0.2, 0) is 36.3 Å². The van der Waals surface area contributed by atoms with Crippen molar-refractivity contribution in [2.75, 3.05) is 0 Å². The second-order valence-corrected chi connectivity index (χ2v) is 24.2. The number of ketones is 1. The highest BCUT2D eigenvalue weighted by molar-refractivity contribution is 6.74. The Balaban J connectivity index is 1.94. The van der Waals surface area contributed by atoms with Gasteiger partial charge in [0.05, 0.1) is 19.3 Å². The molecule has 0 aliphatic heterocycles. The minimum absolute atomic E-state index is 0.0919. The molecule has 0 radical (unpaired) electrons. The van der Waals surface area contributed by atoms with Gasteiger partial charge in [0.1, 0.15) is 17.8 Å². The summed E-state index contributed by atoms with van der Waals surface area (Å²) in [6.45, 7) is 20.0. The number of aliphatic hydroxyl groups is 1. The highest BCUT2D eigenvalue weighted by atomic mass is 28.4. The van der Waals surface area contributed by atoms with Gasteiger partial charge in [0.2, 0.25) is 0 Å². The van der Waals surface area contributed by atoms with Gasteiger partial charge in [0, 0.05) is 5.92 Å². The van der Waals surface area contributed by atoms with Crippen LogP contribution in [0.4, 0.5) is 0 Å². The van der Waals surface area contributed by atoms with Crippen LogP contribution in [0.5, 0.6) is 0 Å². The van der Waals surface area contributed by atoms with Crippen molar-refractivity contribution in [3.63, 3.8) is 0 Å². The molecule has 2 aliphatic carbocycles. The topological polar surface area (TPSA) is 74.2 Å². The first-order chi connectivity index (χ1) is 20.6. The van der Waals surface area contributed by atoms with Crippen LogP contribution in [0.1, 0.15) is 58.1 Å². The molecule has 0 amide bonds. The molecule has 0 heterocycles. The van der Waals surface area contributed by atoms with Gasteiger partial charge in [-0.2, -0.15) is 0 Å². The van der Waals surface area contributed by atoms with Crippen molar-refractivity contribution in [1.82, 2.24) is 0 Å². The summed E-state index contributed by atoms with van der Waals surface area (Å²) in [7, 11) is -4.82. The van der Waals surface area contributed by atoms with Gasteiger partial charge in [0.15, 0.2) is 28.0 Å². The monoisotopic (exact) mass is 638 g/mol. The second kappa shape index (κ2) is 13.4. The molecule has 2 aromatic carbocycles. The van der Waals surface area contributed by atoms with E-state index in [0.29, 0.717) is 25.9 Å². The van der Waals surface area contributed by atoms with E-state index in [2.05, 4.69) is 53.5 Å². The number of fused-ring (bicyclic) bond motifs is 1. The van der Waals surface area contributed by atoms with Gasteiger partial charge in [-0.3, -0.25) is 4.79 Å². The van der Waals surface area contributed by atoms with Crippen LogP contribution in [0, 0.1) is 5.92 Å². The maximum absolute atomic E-state index is 14.4. The van der Waals surface area contributed by atoms with Gasteiger partial charge in [-0.15, -0.1) is 0 Å². The number of carbonyl (C=O) groups is 1. The molecule has 0 saturated heterocycles. The second-order valence-electron chi connectivity index (χ2n) is 15.1. The fraction of sp³-hybridized carbons (Fsp3) is 0.583. The molecule has 0 aromatic heterocycles. The van der Waals surface area contributed by atoms with Crippen molar-refractivity contribution in [2.45, 2.75) is 127 Å². The standard InChI is InChI=1S/C36H54O6Si2/c1-10-24-35(38)33(40-26-28-20-15-12-16-21-28)32(39-25-27-18-13-11-14-19-27)31(41-44(8,9)34(2,3)4)29-22-17-23-30(37)36(29,35)42-43(5,6)7/h11-21,23,29,31-33,38H,10,22,24-26H2,1-9H3/t29-,31+,32-,33+,35+,36-/m1/s1. The zero-order chi connectivity index (χ0) is 32.4. The van der Waals surface area contributed by atoms with Gasteiger partial charge in [-0.25, -0.2) is 0 Å². The van der Waals surface area contributed by atoms with Gasteiger partial charge in [-0.1, -0.05) is 101 Å². The maximum Gasteiger partial charge on any atom is 0.192 e. The van der Waals surface area contributed by atoms with Crippen molar-refractivity contribution in [2.24, 2.45) is 5.92 Å². The summed E-state index contributed by atoms with van der Waals surface area (Å²) < 4.78 is 28.1. The van der Waals surface area contributed by atoms with E-state index < -0.39 is 52.1 Å². The number of allylic oxidation sites excluding steroid dienone is 1. The van der Waals surface area contributed by atoms with Gasteiger partial charge >= 0.3 is 0 Å². The highest BCUT2D eigenvalue weighted by Gasteiger charge is 2.73. The molecule has 0 bridgehead atoms. The summed E-state index contributed by atoms with van der Waals surface area (Å²) in [6.07, 6.45) is 2.97. The number of carbonyl (C=O) groups excluding carboxylic acids is 1. The van der Waals surface area contributed by atoms with Crippen molar-refractivity contribution >= 4 is 22.4 Å². The molecule has 8 heteroatoms. The molecule has 0 unspecified atom stereocenters. The van der Waals surface area contributed by atoms with E-state index in [4.69, 9.17) is 18.3 Å². The smallest absolute Gasteiger partial charge is 0.192 e. The predicted octanol–water partition coefficient (Wildman–Crippen LogP) is 7.83. The molecule has 44 heavy (non-hydrogen) atoms. The lowest BCUT2D eigenvalue weighted by molar-refractivity contribution is -0.301. The van der Waals surface area contributed by atoms with Crippen molar-refractivity contribution < 1.29 is 28.2 Å². The van der Waals surface area contributed by atoms with Crippen molar-refractivity contribution in [3.05, 3.63) is 83.9 Å². The maximum atomic E-state index is 14.4. The Morgan fingerprint density at radius 1 is 0.864 bits per heavy atom. The van der Waals surface area contributed by atoms with Crippen LogP contribution in [0.2, 0.25) is 37.8 Å². The van der Waals surface area contributed by atoms with E-state index in [0.717, 1.165) is 11.1 Å². The first-order valence-corrected chi connectivity index (χ1v) is 22.5. The number of hydrogen-bond donors (Lipinski definition) is 1. The van der Waals surface area contributed by atoms with Crippen LogP contribution in [0.3, 0.4) is 0 Å². The van der Waals surface area contributed by atoms with E-state index in [-0.39, 0.29) is 17.4 Å². The fourth-order valence-electron chi connectivity index (χ4n) is 6.59. The summed E-state index contributed by atoms with van der Waals surface area (Å²) in [5, 5.41) is 13.1. The molecule has 6 nitrogen and oxygen atoms in total. The molecule has 0 spiro atoms. The largest absolute Gasteiger partial charge is 0.411 e. The summed E-state index contributed by atoms with van der Waals surface area (Å²) in [5.74, 6) is -0.652. The van der Waals surface area contributed by atoms with Crippen LogP contribution < -0.4 is 0 Å². The Bertz CT molecular complexity index is 1270. The number of ether oxygens (including phenoxy) is 2. The molecular weight excluding hydrogens is 585 g/mol. The zero-order valence-corrected chi connectivity index (χ0v) is 30.3. The lowest BCUT2D eigenvalue weighted by Gasteiger charge is -2.63. The quantitative estimate of drug-likeness (QED) is 0.239. The Morgan fingerprint density at radius 2 is 1.41 bits per heavy atom. The van der Waals surface area contributed by atoms with Crippen LogP contribution in [-0.4, -0.2) is 57.0 Å². The molecule has 2 aromatic rings. The predicted molar refractivity (Wildman–Crippen MR) is 181 cm³/mol. The van der Waals surface area contributed by atoms with Crippen molar-refractivity contribution in [1.29, 1.82) is 0 Å². The molecule has 2 aliphatic rings. The fourth-order valence-corrected chi connectivity index (χ4v) is 9.32. The van der Waals surface area contributed by atoms with Gasteiger partial charge < -0.3 is 23.4 Å². The Kier molecular flexibility index (Phi) is 10.7. The van der Waals surface area contributed by atoms with E-state index >= 15 is 0 Å². The molecule has 4 rings (SSSR count). The van der Waals surface area contributed by atoms with Crippen LogP contribution >= 0.6 is 0 Å². The normalized spacial score (nSPS) is 29.5. The summed E-state index contributed by atoms with van der Waals surface area (Å²) in [4.78, 5) is 14.4. The summed E-state index contributed by atoms with van der Waals surface area (Å²) in [6, 6.07) is 20.0. The Hall–Kier alpha value is -1.92. The number of hydrogen-bond acceptors (Lipinski definition) is 6. The first kappa shape index (κ1) is 34.9. The molecule has 6 atom stereocenters. The minimum Gasteiger partial charge on any atom is -0.411 e. The first-order valence-electron chi connectivity index (χ1n) is 16.2. The van der Waals surface area contributed by atoms with E-state index in [9.17, 15) is 9.90 Å². The van der Waals surface area contributed by atoms with E-state index in [1.165, 1.54) is 0 Å². The average Bonchev–Trinajstić information content (AvgIpc) is 2.94. The zero-order valence-electron chi connectivity index (χ0n) is 28.3. The Labute approximate surface area is 267 Å². The lowest BCUT2D eigenvalue weighted by atomic mass is 9.56. The molecular formula is C36H54O6Si2. The van der Waals surface area contributed by atoms with Gasteiger partial charge in [-0.05, 0) is 67.8 Å². The van der Waals surface area contributed by atoms with Gasteiger partial charge in [0.25, 0.3) is 0 Å². The lowest BCUT2D eigenvalue weighted by Crippen LogP contribution is -2.81. The molecule has 1 N–H and O–H groups in total. The molecule has 1 saturated carbocycles. The van der Waals surface area contributed by atoms with E-state index in [1.54, 1.807) is 6.08 Å².